The Bertz CT molecular complexity index is 1140. The molecular weight excluding hydrogens is 374 g/mol. The molecule has 2 N–H and O–H groups in total. The highest BCUT2D eigenvalue weighted by Gasteiger charge is 2.10. The van der Waals surface area contributed by atoms with Gasteiger partial charge in [0.2, 0.25) is 11.1 Å². The number of amides is 1. The number of rotatable bonds is 5. The zero-order valence-electron chi connectivity index (χ0n) is 15.2. The highest BCUT2D eigenvalue weighted by Crippen LogP contribution is 2.27. The molecule has 4 aromatic rings. The summed E-state index contributed by atoms with van der Waals surface area (Å²) in [6.07, 6.45) is 1.79. The van der Waals surface area contributed by atoms with Crippen molar-refractivity contribution >= 4 is 40.1 Å². The largest absolute Gasteiger partial charge is 0.326 e. The van der Waals surface area contributed by atoms with Crippen LogP contribution in [0.4, 0.5) is 11.5 Å². The Hall–Kier alpha value is -3.46. The van der Waals surface area contributed by atoms with Crippen LogP contribution < -0.4 is 10.7 Å². The van der Waals surface area contributed by atoms with Crippen molar-refractivity contribution in [2.75, 3.05) is 10.7 Å². The number of carbonyl (C=O) groups excluding carboxylic acids is 1. The molecule has 2 heterocycles. The van der Waals surface area contributed by atoms with E-state index in [4.69, 9.17) is 0 Å². The van der Waals surface area contributed by atoms with Gasteiger partial charge >= 0.3 is 0 Å². The first-order valence-corrected chi connectivity index (χ1v) is 9.37. The maximum absolute atomic E-state index is 11.1. The van der Waals surface area contributed by atoms with E-state index < -0.39 is 0 Å². The molecule has 2 aromatic carbocycles. The van der Waals surface area contributed by atoms with Crippen LogP contribution in [0.3, 0.4) is 0 Å². The fourth-order valence-electron chi connectivity index (χ4n) is 2.59. The van der Waals surface area contributed by atoms with E-state index in [0.29, 0.717) is 16.7 Å². The van der Waals surface area contributed by atoms with Gasteiger partial charge in [-0.05, 0) is 49.0 Å². The number of carbonyl (C=O) groups is 1. The Kier molecular flexibility index (Phi) is 4.90. The van der Waals surface area contributed by atoms with Gasteiger partial charge in [0, 0.05) is 22.9 Å². The number of nitrogens with zero attached hydrogens (tertiary/aromatic N) is 5. The molecule has 0 aliphatic heterocycles. The number of fused-ring (bicyclic) bond motifs is 1. The summed E-state index contributed by atoms with van der Waals surface area (Å²) in [4.78, 5) is 18.3. The van der Waals surface area contributed by atoms with Gasteiger partial charge in [0.1, 0.15) is 5.69 Å². The van der Waals surface area contributed by atoms with E-state index in [1.165, 1.54) is 18.7 Å². The standard InChI is InChI=1S/C19H17N7OS/c1-12-18(25-26-17-6-4-3-5-14(17)11-20-26)22-19(24-23-12)28-16-9-7-15(8-10-16)21-13(2)27/h3-11H,1-2H3,(H,21,27)(H,22,24,25). The van der Waals surface area contributed by atoms with Crippen molar-refractivity contribution in [1.82, 2.24) is 25.1 Å². The number of para-hydroxylation sites is 1. The third-order valence-corrected chi connectivity index (χ3v) is 4.77. The molecule has 0 spiro atoms. The van der Waals surface area contributed by atoms with E-state index in [2.05, 4.69) is 31.0 Å². The molecule has 0 fully saturated rings. The summed E-state index contributed by atoms with van der Waals surface area (Å²) in [5.74, 6) is 0.481. The maximum atomic E-state index is 11.1. The van der Waals surface area contributed by atoms with E-state index in [0.717, 1.165) is 21.5 Å². The van der Waals surface area contributed by atoms with E-state index in [9.17, 15) is 4.79 Å². The average Bonchev–Trinajstić information content (AvgIpc) is 3.09. The van der Waals surface area contributed by atoms with Crippen LogP contribution in [0.25, 0.3) is 10.9 Å². The Labute approximate surface area is 165 Å². The summed E-state index contributed by atoms with van der Waals surface area (Å²) in [6, 6.07) is 15.4. The molecule has 140 valence electrons. The predicted molar refractivity (Wildman–Crippen MR) is 108 cm³/mol. The van der Waals surface area contributed by atoms with Gasteiger partial charge in [-0.2, -0.15) is 14.9 Å². The summed E-state index contributed by atoms with van der Waals surface area (Å²) >= 11 is 1.39. The smallest absolute Gasteiger partial charge is 0.221 e. The second kappa shape index (κ2) is 7.65. The minimum atomic E-state index is -0.103. The number of aryl methyl sites for hydroxylation is 1. The summed E-state index contributed by atoms with van der Waals surface area (Å²) in [5.41, 5.74) is 5.55. The van der Waals surface area contributed by atoms with Gasteiger partial charge in [0.15, 0.2) is 5.82 Å². The molecule has 0 saturated carbocycles. The van der Waals surface area contributed by atoms with Gasteiger partial charge in [-0.25, -0.2) is 0 Å². The van der Waals surface area contributed by atoms with Gasteiger partial charge in [-0.15, -0.1) is 10.2 Å². The van der Waals surface area contributed by atoms with Crippen molar-refractivity contribution in [1.29, 1.82) is 0 Å². The lowest BCUT2D eigenvalue weighted by atomic mass is 10.3. The summed E-state index contributed by atoms with van der Waals surface area (Å²) in [6.45, 7) is 3.32. The van der Waals surface area contributed by atoms with Crippen molar-refractivity contribution in [3.8, 4) is 0 Å². The first kappa shape index (κ1) is 17.9. The van der Waals surface area contributed by atoms with Crippen LogP contribution in [0.15, 0.2) is 64.8 Å². The molecule has 0 aliphatic rings. The van der Waals surface area contributed by atoms with Crippen LogP contribution in [-0.2, 0) is 4.79 Å². The SMILES string of the molecule is CC(=O)Nc1ccc(Sc2nnc(C)c(Nn3ncc4ccccc43)n2)cc1. The molecule has 0 radical (unpaired) electrons. The number of aromatic nitrogens is 5. The molecule has 28 heavy (non-hydrogen) atoms. The Morgan fingerprint density at radius 1 is 1.07 bits per heavy atom. The van der Waals surface area contributed by atoms with Crippen molar-refractivity contribution in [2.24, 2.45) is 0 Å². The van der Waals surface area contributed by atoms with Crippen LogP contribution in [-0.4, -0.2) is 31.0 Å². The molecule has 0 unspecified atom stereocenters. The normalized spacial score (nSPS) is 10.8. The van der Waals surface area contributed by atoms with E-state index in [-0.39, 0.29) is 5.91 Å². The molecule has 8 nitrogen and oxygen atoms in total. The molecular formula is C19H17N7OS. The molecule has 0 atom stereocenters. The van der Waals surface area contributed by atoms with Crippen molar-refractivity contribution < 1.29 is 4.79 Å². The molecule has 0 aliphatic carbocycles. The molecule has 1 amide bonds. The topological polar surface area (TPSA) is 97.6 Å². The summed E-state index contributed by atoms with van der Waals surface area (Å²) in [5, 5.41) is 17.0. The van der Waals surface area contributed by atoms with Gasteiger partial charge in [0.25, 0.3) is 0 Å². The first-order valence-electron chi connectivity index (χ1n) is 8.55. The zero-order chi connectivity index (χ0) is 19.5. The minimum absolute atomic E-state index is 0.103. The number of nitrogens with one attached hydrogen (secondary N) is 2. The highest BCUT2D eigenvalue weighted by atomic mass is 32.2. The first-order chi connectivity index (χ1) is 13.6. The molecule has 0 bridgehead atoms. The Balaban J connectivity index is 1.54. The Morgan fingerprint density at radius 3 is 2.64 bits per heavy atom. The minimum Gasteiger partial charge on any atom is -0.326 e. The third-order valence-electron chi connectivity index (χ3n) is 3.91. The maximum Gasteiger partial charge on any atom is 0.221 e. The zero-order valence-corrected chi connectivity index (χ0v) is 16.1. The van der Waals surface area contributed by atoms with E-state index in [1.807, 2.05) is 55.5 Å². The van der Waals surface area contributed by atoms with Crippen molar-refractivity contribution in [2.45, 2.75) is 23.9 Å². The van der Waals surface area contributed by atoms with Crippen molar-refractivity contribution in [3.05, 3.63) is 60.4 Å². The van der Waals surface area contributed by atoms with Crippen LogP contribution in [0.2, 0.25) is 0 Å². The highest BCUT2D eigenvalue weighted by molar-refractivity contribution is 7.99. The number of anilines is 2. The third kappa shape index (κ3) is 3.94. The second-order valence-corrected chi connectivity index (χ2v) is 7.10. The van der Waals surface area contributed by atoms with E-state index in [1.54, 1.807) is 11.0 Å². The van der Waals surface area contributed by atoms with E-state index >= 15 is 0 Å². The van der Waals surface area contributed by atoms with Crippen LogP contribution >= 0.6 is 11.8 Å². The number of hydrogen-bond acceptors (Lipinski definition) is 7. The fraction of sp³-hybridized carbons (Fsp3) is 0.105. The molecule has 2 aromatic heterocycles. The second-order valence-electron chi connectivity index (χ2n) is 6.06. The van der Waals surface area contributed by atoms with Gasteiger partial charge < -0.3 is 5.32 Å². The monoisotopic (exact) mass is 391 g/mol. The van der Waals surface area contributed by atoms with Crippen molar-refractivity contribution in [3.63, 3.8) is 0 Å². The quantitative estimate of drug-likeness (QED) is 0.537. The van der Waals surface area contributed by atoms with Gasteiger partial charge in [-0.1, -0.05) is 18.2 Å². The lowest BCUT2D eigenvalue weighted by molar-refractivity contribution is -0.114. The lowest BCUT2D eigenvalue weighted by Crippen LogP contribution is -2.14. The fourth-order valence-corrected chi connectivity index (χ4v) is 3.29. The summed E-state index contributed by atoms with van der Waals surface area (Å²) < 4.78 is 0. The molecule has 9 heteroatoms. The average molecular weight is 391 g/mol. The number of benzene rings is 2. The molecule has 0 saturated heterocycles. The summed E-state index contributed by atoms with van der Waals surface area (Å²) in [7, 11) is 0. The lowest BCUT2D eigenvalue weighted by Gasteiger charge is -2.09. The van der Waals surface area contributed by atoms with Crippen LogP contribution in [0.5, 0.6) is 0 Å². The van der Waals surface area contributed by atoms with Gasteiger partial charge in [0.05, 0.1) is 11.7 Å². The number of hydrogen-bond donors (Lipinski definition) is 2. The van der Waals surface area contributed by atoms with Crippen LogP contribution in [0, 0.1) is 6.92 Å². The van der Waals surface area contributed by atoms with Crippen LogP contribution in [0.1, 0.15) is 12.6 Å². The predicted octanol–water partition coefficient (Wildman–Crippen LogP) is 3.51. The Morgan fingerprint density at radius 2 is 1.86 bits per heavy atom. The van der Waals surface area contributed by atoms with Gasteiger partial charge in [-0.3, -0.25) is 10.2 Å². The molecule has 4 rings (SSSR count).